The number of ether oxygens (including phenoxy) is 1. The smallest absolute Gasteiger partial charge is 0.254 e. The first-order chi connectivity index (χ1) is 8.15. The van der Waals surface area contributed by atoms with Gasteiger partial charge in [-0.1, -0.05) is 0 Å². The fourth-order valence-corrected chi connectivity index (χ4v) is 1.51. The third-order valence-electron chi connectivity index (χ3n) is 2.15. The molecule has 0 atom stereocenters. The Balaban J connectivity index is 2.44. The molecule has 0 radical (unpaired) electrons. The van der Waals surface area contributed by atoms with Gasteiger partial charge in [0.05, 0.1) is 5.56 Å². The third kappa shape index (κ3) is 4.75. The van der Waals surface area contributed by atoms with Crippen LogP contribution in [0.4, 0.5) is 4.39 Å². The SMILES string of the molecule is CCOCCCNC(=O)c1cc(S)ccc1F. The lowest BCUT2D eigenvalue weighted by atomic mass is 10.2. The number of carbonyl (C=O) groups is 1. The van der Waals surface area contributed by atoms with Crippen LogP contribution in [0, 0.1) is 5.82 Å². The highest BCUT2D eigenvalue weighted by Gasteiger charge is 2.10. The average molecular weight is 257 g/mol. The molecule has 0 saturated carbocycles. The number of rotatable bonds is 6. The van der Waals surface area contributed by atoms with Gasteiger partial charge in [0.15, 0.2) is 0 Å². The summed E-state index contributed by atoms with van der Waals surface area (Å²) in [5.41, 5.74) is 0.0221. The molecule has 3 nitrogen and oxygen atoms in total. The second-order valence-electron chi connectivity index (χ2n) is 3.47. The van der Waals surface area contributed by atoms with Gasteiger partial charge in [0.25, 0.3) is 5.91 Å². The number of nitrogens with one attached hydrogen (secondary N) is 1. The summed E-state index contributed by atoms with van der Waals surface area (Å²) in [6.45, 7) is 3.62. The highest BCUT2D eigenvalue weighted by Crippen LogP contribution is 2.13. The first-order valence-corrected chi connectivity index (χ1v) is 5.94. The summed E-state index contributed by atoms with van der Waals surface area (Å²) in [6.07, 6.45) is 0.710. The fraction of sp³-hybridized carbons (Fsp3) is 0.417. The minimum atomic E-state index is -0.537. The average Bonchev–Trinajstić information content (AvgIpc) is 2.32. The van der Waals surface area contributed by atoms with Gasteiger partial charge in [0, 0.05) is 24.7 Å². The molecule has 0 aliphatic carbocycles. The van der Waals surface area contributed by atoms with Crippen LogP contribution in [0.5, 0.6) is 0 Å². The second kappa shape index (κ2) is 7.29. The van der Waals surface area contributed by atoms with Crippen LogP contribution in [-0.4, -0.2) is 25.7 Å². The molecule has 0 saturated heterocycles. The van der Waals surface area contributed by atoms with Crippen LogP contribution in [0.2, 0.25) is 0 Å². The molecule has 94 valence electrons. The molecule has 1 rings (SSSR count). The van der Waals surface area contributed by atoms with Gasteiger partial charge in [0.1, 0.15) is 5.82 Å². The molecule has 0 unspecified atom stereocenters. The van der Waals surface area contributed by atoms with Crippen molar-refractivity contribution in [3.05, 3.63) is 29.6 Å². The molecule has 0 spiro atoms. The molecule has 0 heterocycles. The van der Waals surface area contributed by atoms with Crippen molar-refractivity contribution in [2.75, 3.05) is 19.8 Å². The van der Waals surface area contributed by atoms with Crippen LogP contribution in [0.3, 0.4) is 0 Å². The summed E-state index contributed by atoms with van der Waals surface area (Å²) in [5, 5.41) is 2.63. The van der Waals surface area contributed by atoms with Gasteiger partial charge in [-0.3, -0.25) is 4.79 Å². The minimum absolute atomic E-state index is 0.0221. The van der Waals surface area contributed by atoms with Gasteiger partial charge in [-0.2, -0.15) is 0 Å². The van der Waals surface area contributed by atoms with Crippen molar-refractivity contribution in [1.82, 2.24) is 5.32 Å². The Morgan fingerprint density at radius 1 is 1.53 bits per heavy atom. The zero-order chi connectivity index (χ0) is 12.7. The van der Waals surface area contributed by atoms with E-state index in [4.69, 9.17) is 4.74 Å². The Hall–Kier alpha value is -1.07. The lowest BCUT2D eigenvalue weighted by Crippen LogP contribution is -2.26. The van der Waals surface area contributed by atoms with E-state index < -0.39 is 11.7 Å². The highest BCUT2D eigenvalue weighted by atomic mass is 32.1. The van der Waals surface area contributed by atoms with E-state index in [-0.39, 0.29) is 5.56 Å². The van der Waals surface area contributed by atoms with Gasteiger partial charge < -0.3 is 10.1 Å². The molecule has 1 aromatic rings. The number of carbonyl (C=O) groups excluding carboxylic acids is 1. The molecular weight excluding hydrogens is 241 g/mol. The van der Waals surface area contributed by atoms with E-state index in [1.165, 1.54) is 18.2 Å². The largest absolute Gasteiger partial charge is 0.382 e. The molecule has 1 N–H and O–H groups in total. The monoisotopic (exact) mass is 257 g/mol. The number of hydrogen-bond donors (Lipinski definition) is 2. The summed E-state index contributed by atoms with van der Waals surface area (Å²) in [5.74, 6) is -0.958. The zero-order valence-corrected chi connectivity index (χ0v) is 10.6. The van der Waals surface area contributed by atoms with E-state index in [0.29, 0.717) is 31.1 Å². The summed E-state index contributed by atoms with van der Waals surface area (Å²) in [6, 6.07) is 4.15. The number of hydrogen-bond acceptors (Lipinski definition) is 3. The maximum absolute atomic E-state index is 13.3. The Labute approximate surface area is 106 Å². The normalized spacial score (nSPS) is 10.3. The zero-order valence-electron chi connectivity index (χ0n) is 9.70. The minimum Gasteiger partial charge on any atom is -0.382 e. The van der Waals surface area contributed by atoms with E-state index in [0.717, 1.165) is 0 Å². The summed E-state index contributed by atoms with van der Waals surface area (Å²) in [7, 11) is 0. The van der Waals surface area contributed by atoms with Gasteiger partial charge in [0.2, 0.25) is 0 Å². The van der Waals surface area contributed by atoms with E-state index in [1.54, 1.807) is 0 Å². The predicted octanol–water partition coefficient (Wildman–Crippen LogP) is 2.27. The number of thiol groups is 1. The Morgan fingerprint density at radius 2 is 2.29 bits per heavy atom. The van der Waals surface area contributed by atoms with Crippen molar-refractivity contribution < 1.29 is 13.9 Å². The molecule has 17 heavy (non-hydrogen) atoms. The molecular formula is C12H16FNO2S. The quantitative estimate of drug-likeness (QED) is 0.606. The van der Waals surface area contributed by atoms with Gasteiger partial charge >= 0.3 is 0 Å². The first kappa shape index (κ1) is 14.0. The highest BCUT2D eigenvalue weighted by molar-refractivity contribution is 7.80. The molecule has 0 aromatic heterocycles. The first-order valence-electron chi connectivity index (χ1n) is 5.49. The maximum atomic E-state index is 13.3. The molecule has 5 heteroatoms. The summed E-state index contributed by atoms with van der Waals surface area (Å²) < 4.78 is 18.5. The van der Waals surface area contributed by atoms with Crippen LogP contribution in [0.25, 0.3) is 0 Å². The van der Waals surface area contributed by atoms with Crippen LogP contribution < -0.4 is 5.32 Å². The van der Waals surface area contributed by atoms with Gasteiger partial charge in [-0.15, -0.1) is 12.6 Å². The predicted molar refractivity (Wildman–Crippen MR) is 67.1 cm³/mol. The Bertz CT molecular complexity index is 385. The Kier molecular flexibility index (Phi) is 6.00. The van der Waals surface area contributed by atoms with Crippen molar-refractivity contribution in [3.8, 4) is 0 Å². The Morgan fingerprint density at radius 3 is 3.00 bits per heavy atom. The molecule has 0 aliphatic rings. The van der Waals surface area contributed by atoms with E-state index >= 15 is 0 Å². The van der Waals surface area contributed by atoms with Crippen LogP contribution >= 0.6 is 12.6 Å². The molecule has 0 fully saturated rings. The van der Waals surface area contributed by atoms with Crippen LogP contribution in [-0.2, 0) is 4.74 Å². The summed E-state index contributed by atoms with van der Waals surface area (Å²) >= 11 is 4.07. The van der Waals surface area contributed by atoms with E-state index in [9.17, 15) is 9.18 Å². The van der Waals surface area contributed by atoms with Gasteiger partial charge in [-0.05, 0) is 31.5 Å². The van der Waals surface area contributed by atoms with E-state index in [1.807, 2.05) is 6.92 Å². The second-order valence-corrected chi connectivity index (χ2v) is 3.99. The molecule has 1 aromatic carbocycles. The number of halogens is 1. The molecule has 0 bridgehead atoms. The fourth-order valence-electron chi connectivity index (χ4n) is 1.30. The van der Waals surface area contributed by atoms with Crippen molar-refractivity contribution >= 4 is 18.5 Å². The summed E-state index contributed by atoms with van der Waals surface area (Å²) in [4.78, 5) is 12.2. The molecule has 1 amide bonds. The van der Waals surface area contributed by atoms with E-state index in [2.05, 4.69) is 17.9 Å². The van der Waals surface area contributed by atoms with Crippen molar-refractivity contribution in [3.63, 3.8) is 0 Å². The topological polar surface area (TPSA) is 38.3 Å². The van der Waals surface area contributed by atoms with Crippen molar-refractivity contribution in [2.24, 2.45) is 0 Å². The number of amides is 1. The van der Waals surface area contributed by atoms with Crippen molar-refractivity contribution in [2.45, 2.75) is 18.2 Å². The maximum Gasteiger partial charge on any atom is 0.254 e. The third-order valence-corrected chi connectivity index (χ3v) is 2.43. The lowest BCUT2D eigenvalue weighted by molar-refractivity contribution is 0.0940. The van der Waals surface area contributed by atoms with Crippen LogP contribution in [0.15, 0.2) is 23.1 Å². The lowest BCUT2D eigenvalue weighted by Gasteiger charge is -2.06. The van der Waals surface area contributed by atoms with Gasteiger partial charge in [-0.25, -0.2) is 4.39 Å². The molecule has 0 aliphatic heterocycles. The standard InChI is InChI=1S/C12H16FNO2S/c1-2-16-7-3-6-14-12(15)10-8-9(17)4-5-11(10)13/h4-5,8,17H,2-3,6-7H2,1H3,(H,14,15). The van der Waals surface area contributed by atoms with Crippen LogP contribution in [0.1, 0.15) is 23.7 Å². The van der Waals surface area contributed by atoms with Crippen molar-refractivity contribution in [1.29, 1.82) is 0 Å². The number of benzene rings is 1.